The molecule has 0 spiro atoms. The number of nitrogens with one attached hydrogen (secondary N) is 1. The maximum Gasteiger partial charge on any atom is 0.269 e. The highest BCUT2D eigenvalue weighted by atomic mass is 16.2. The Bertz CT molecular complexity index is 722. The summed E-state index contributed by atoms with van der Waals surface area (Å²) >= 11 is 0. The van der Waals surface area contributed by atoms with Crippen molar-refractivity contribution in [3.8, 4) is 0 Å². The second kappa shape index (κ2) is 7.18. The van der Waals surface area contributed by atoms with Gasteiger partial charge in [0, 0.05) is 26.7 Å². The first-order valence-electron chi connectivity index (χ1n) is 8.58. The Morgan fingerprint density at radius 1 is 1.33 bits per heavy atom. The molecule has 2 aromatic rings. The first-order chi connectivity index (χ1) is 11.5. The van der Waals surface area contributed by atoms with Crippen LogP contribution in [0.5, 0.6) is 0 Å². The predicted molar refractivity (Wildman–Crippen MR) is 94.8 cm³/mol. The molecule has 1 aromatic heterocycles. The fourth-order valence-corrected chi connectivity index (χ4v) is 3.40. The Kier molecular flexibility index (Phi) is 5.00. The lowest BCUT2D eigenvalue weighted by molar-refractivity contribution is 0.0938. The van der Waals surface area contributed by atoms with Crippen LogP contribution in [0.15, 0.2) is 30.3 Å². The Labute approximate surface area is 143 Å². The molecule has 5 nitrogen and oxygen atoms in total. The standard InChI is InChI=1S/C19H26N4O/c1-14-6-4-5-7-17(14)13-23-9-8-16(12-23)11-20-19(24)18-10-15(2)21-22(18)3/h4-7,10,16H,8-9,11-13H2,1-3H3,(H,20,24)/t16-/m1/s1. The Hall–Kier alpha value is -2.14. The SMILES string of the molecule is Cc1cc(C(=O)NC[C@H]2CCN(Cc3ccccc3C)C2)n(C)n1. The lowest BCUT2D eigenvalue weighted by Gasteiger charge is -2.17. The van der Waals surface area contributed by atoms with Crippen LogP contribution in [0.3, 0.4) is 0 Å². The van der Waals surface area contributed by atoms with Crippen LogP contribution in [0.2, 0.25) is 0 Å². The third-order valence-electron chi connectivity index (χ3n) is 4.81. The lowest BCUT2D eigenvalue weighted by Crippen LogP contribution is -2.32. The summed E-state index contributed by atoms with van der Waals surface area (Å²) in [6.07, 6.45) is 1.14. The van der Waals surface area contributed by atoms with E-state index in [1.165, 1.54) is 11.1 Å². The summed E-state index contributed by atoms with van der Waals surface area (Å²) in [7, 11) is 1.81. The van der Waals surface area contributed by atoms with Gasteiger partial charge in [-0.15, -0.1) is 0 Å². The van der Waals surface area contributed by atoms with Gasteiger partial charge in [0.05, 0.1) is 5.69 Å². The van der Waals surface area contributed by atoms with Gasteiger partial charge in [0.2, 0.25) is 0 Å². The van der Waals surface area contributed by atoms with Crippen LogP contribution in [0.25, 0.3) is 0 Å². The molecule has 1 atom stereocenters. The van der Waals surface area contributed by atoms with Gasteiger partial charge in [-0.05, 0) is 49.9 Å². The van der Waals surface area contributed by atoms with Gasteiger partial charge in [-0.2, -0.15) is 5.10 Å². The fraction of sp³-hybridized carbons (Fsp3) is 0.474. The van der Waals surface area contributed by atoms with Gasteiger partial charge in [-0.25, -0.2) is 0 Å². The number of amides is 1. The molecule has 24 heavy (non-hydrogen) atoms. The van der Waals surface area contributed by atoms with Crippen molar-refractivity contribution in [2.24, 2.45) is 13.0 Å². The van der Waals surface area contributed by atoms with Crippen molar-refractivity contribution in [2.45, 2.75) is 26.8 Å². The topological polar surface area (TPSA) is 50.2 Å². The van der Waals surface area contributed by atoms with Crippen molar-refractivity contribution in [3.05, 3.63) is 52.8 Å². The van der Waals surface area contributed by atoms with Gasteiger partial charge in [-0.1, -0.05) is 24.3 Å². The number of rotatable bonds is 5. The average Bonchev–Trinajstić information content (AvgIpc) is 3.13. The van der Waals surface area contributed by atoms with Crippen molar-refractivity contribution in [1.29, 1.82) is 0 Å². The van der Waals surface area contributed by atoms with Gasteiger partial charge in [-0.3, -0.25) is 14.4 Å². The van der Waals surface area contributed by atoms with Crippen LogP contribution in [-0.2, 0) is 13.6 Å². The molecule has 0 bridgehead atoms. The third-order valence-corrected chi connectivity index (χ3v) is 4.81. The van der Waals surface area contributed by atoms with Crippen molar-refractivity contribution < 1.29 is 4.79 Å². The molecular formula is C19H26N4O. The molecule has 1 amide bonds. The summed E-state index contributed by atoms with van der Waals surface area (Å²) in [5.74, 6) is 0.489. The smallest absolute Gasteiger partial charge is 0.269 e. The minimum Gasteiger partial charge on any atom is -0.350 e. The molecular weight excluding hydrogens is 300 g/mol. The highest BCUT2D eigenvalue weighted by Crippen LogP contribution is 2.19. The zero-order chi connectivity index (χ0) is 17.1. The summed E-state index contributed by atoms with van der Waals surface area (Å²) in [5.41, 5.74) is 4.24. The summed E-state index contributed by atoms with van der Waals surface area (Å²) < 4.78 is 1.64. The highest BCUT2D eigenvalue weighted by Gasteiger charge is 2.23. The number of aromatic nitrogens is 2. The van der Waals surface area contributed by atoms with E-state index in [9.17, 15) is 4.79 Å². The van der Waals surface area contributed by atoms with E-state index < -0.39 is 0 Å². The number of aryl methyl sites for hydroxylation is 3. The Balaban J connectivity index is 1.49. The number of hydrogen-bond donors (Lipinski definition) is 1. The number of nitrogens with zero attached hydrogens (tertiary/aromatic N) is 3. The van der Waals surface area contributed by atoms with Gasteiger partial charge >= 0.3 is 0 Å². The monoisotopic (exact) mass is 326 g/mol. The molecule has 5 heteroatoms. The molecule has 0 saturated carbocycles. The second-order valence-electron chi connectivity index (χ2n) is 6.82. The minimum atomic E-state index is -0.0320. The fourth-order valence-electron chi connectivity index (χ4n) is 3.40. The Morgan fingerprint density at radius 2 is 2.12 bits per heavy atom. The number of carbonyl (C=O) groups is 1. The van der Waals surface area contributed by atoms with Gasteiger partial charge < -0.3 is 5.32 Å². The van der Waals surface area contributed by atoms with Crippen molar-refractivity contribution in [3.63, 3.8) is 0 Å². The van der Waals surface area contributed by atoms with Crippen LogP contribution in [0.1, 0.15) is 33.7 Å². The van der Waals surface area contributed by atoms with E-state index in [0.29, 0.717) is 11.6 Å². The first kappa shape index (κ1) is 16.7. The number of carbonyl (C=O) groups excluding carboxylic acids is 1. The van der Waals surface area contributed by atoms with E-state index in [4.69, 9.17) is 0 Å². The largest absolute Gasteiger partial charge is 0.350 e. The number of hydrogen-bond acceptors (Lipinski definition) is 3. The molecule has 0 radical (unpaired) electrons. The molecule has 1 aromatic carbocycles. The molecule has 0 aliphatic carbocycles. The summed E-state index contributed by atoms with van der Waals surface area (Å²) in [4.78, 5) is 14.7. The molecule has 128 valence electrons. The van der Waals surface area contributed by atoms with E-state index in [-0.39, 0.29) is 5.91 Å². The molecule has 1 N–H and O–H groups in total. The summed E-state index contributed by atoms with van der Waals surface area (Å²) in [5, 5.41) is 7.29. The van der Waals surface area contributed by atoms with Gasteiger partial charge in [0.1, 0.15) is 5.69 Å². The molecule has 1 aliphatic heterocycles. The maximum atomic E-state index is 12.3. The summed E-state index contributed by atoms with van der Waals surface area (Å²) in [6, 6.07) is 10.4. The number of benzene rings is 1. The zero-order valence-electron chi connectivity index (χ0n) is 14.7. The quantitative estimate of drug-likeness (QED) is 0.917. The van der Waals surface area contributed by atoms with Crippen molar-refractivity contribution in [1.82, 2.24) is 20.0 Å². The van der Waals surface area contributed by atoms with E-state index >= 15 is 0 Å². The molecule has 0 unspecified atom stereocenters. The predicted octanol–water partition coefficient (Wildman–Crippen LogP) is 2.29. The highest BCUT2D eigenvalue weighted by molar-refractivity contribution is 5.92. The average molecular weight is 326 g/mol. The normalized spacial score (nSPS) is 18.0. The van der Waals surface area contributed by atoms with Crippen LogP contribution in [0, 0.1) is 19.8 Å². The number of likely N-dealkylation sites (tertiary alicyclic amines) is 1. The van der Waals surface area contributed by atoms with Crippen molar-refractivity contribution >= 4 is 5.91 Å². The van der Waals surface area contributed by atoms with E-state index in [1.54, 1.807) is 11.7 Å². The van der Waals surface area contributed by atoms with Gasteiger partial charge in [0.15, 0.2) is 0 Å². The van der Waals surface area contributed by atoms with Crippen molar-refractivity contribution in [2.75, 3.05) is 19.6 Å². The first-order valence-corrected chi connectivity index (χ1v) is 8.58. The molecule has 3 rings (SSSR count). The van der Waals surface area contributed by atoms with Crippen LogP contribution in [-0.4, -0.2) is 40.2 Å². The van der Waals surface area contributed by atoms with Gasteiger partial charge in [0.25, 0.3) is 5.91 Å². The molecule has 1 saturated heterocycles. The minimum absolute atomic E-state index is 0.0320. The summed E-state index contributed by atoms with van der Waals surface area (Å²) in [6.45, 7) is 7.93. The molecule has 1 fully saturated rings. The zero-order valence-corrected chi connectivity index (χ0v) is 14.7. The van der Waals surface area contributed by atoms with E-state index in [1.807, 2.05) is 13.0 Å². The second-order valence-corrected chi connectivity index (χ2v) is 6.82. The third kappa shape index (κ3) is 3.85. The Morgan fingerprint density at radius 3 is 2.83 bits per heavy atom. The van der Waals surface area contributed by atoms with E-state index in [2.05, 4.69) is 46.5 Å². The van der Waals surface area contributed by atoms with E-state index in [0.717, 1.165) is 38.3 Å². The lowest BCUT2D eigenvalue weighted by atomic mass is 10.1. The molecule has 2 heterocycles. The van der Waals surface area contributed by atoms with Crippen LogP contribution >= 0.6 is 0 Å². The van der Waals surface area contributed by atoms with Crippen LogP contribution < -0.4 is 5.32 Å². The van der Waals surface area contributed by atoms with Crippen LogP contribution in [0.4, 0.5) is 0 Å². The maximum absolute atomic E-state index is 12.3. The molecule has 1 aliphatic rings.